The maximum atomic E-state index is 12.7. The number of hydrogen-bond acceptors (Lipinski definition) is 2. The summed E-state index contributed by atoms with van der Waals surface area (Å²) in [5, 5.41) is 4.13. The zero-order valence-electron chi connectivity index (χ0n) is 12.8. The van der Waals surface area contributed by atoms with Crippen LogP contribution in [0.3, 0.4) is 0 Å². The fraction of sp³-hybridized carbons (Fsp3) is 0. The summed E-state index contributed by atoms with van der Waals surface area (Å²) in [5.74, 6) is -0.0837. The van der Waals surface area contributed by atoms with Gasteiger partial charge in [-0.1, -0.05) is 60.7 Å². The summed E-state index contributed by atoms with van der Waals surface area (Å²) in [6.45, 7) is 0. The normalized spacial score (nSPS) is 10.7. The quantitative estimate of drug-likeness (QED) is 0.519. The third-order valence-corrected chi connectivity index (χ3v) is 4.94. The molecule has 4 aromatic rings. The Labute approximate surface area is 144 Å². The summed E-state index contributed by atoms with van der Waals surface area (Å²) in [5.41, 5.74) is 2.72. The van der Waals surface area contributed by atoms with Gasteiger partial charge in [-0.25, -0.2) is 0 Å². The molecule has 3 heteroatoms. The highest BCUT2D eigenvalue weighted by atomic mass is 32.1. The number of amides is 1. The molecule has 1 aromatic heterocycles. The van der Waals surface area contributed by atoms with Crippen LogP contribution in [0.2, 0.25) is 0 Å². The highest BCUT2D eigenvalue weighted by Crippen LogP contribution is 2.29. The molecule has 0 fully saturated rings. The lowest BCUT2D eigenvalue weighted by Gasteiger charge is -2.10. The van der Waals surface area contributed by atoms with E-state index in [1.807, 2.05) is 78.9 Å². The minimum atomic E-state index is -0.0837. The van der Waals surface area contributed by atoms with Gasteiger partial charge >= 0.3 is 0 Å². The molecule has 1 N–H and O–H groups in total. The van der Waals surface area contributed by atoms with Crippen LogP contribution >= 0.6 is 11.3 Å². The molecule has 2 nitrogen and oxygen atoms in total. The van der Waals surface area contributed by atoms with E-state index in [0.717, 1.165) is 26.9 Å². The number of rotatable bonds is 3. The van der Waals surface area contributed by atoms with Crippen LogP contribution in [0.1, 0.15) is 9.67 Å². The number of nitrogens with one attached hydrogen (secondary N) is 1. The molecular weight excluding hydrogens is 314 g/mol. The van der Waals surface area contributed by atoms with Crippen molar-refractivity contribution in [2.24, 2.45) is 0 Å². The van der Waals surface area contributed by atoms with Crippen molar-refractivity contribution in [3.63, 3.8) is 0 Å². The molecule has 0 aliphatic rings. The van der Waals surface area contributed by atoms with Crippen molar-refractivity contribution in [2.45, 2.75) is 0 Å². The molecule has 0 bridgehead atoms. The van der Waals surface area contributed by atoms with Crippen molar-refractivity contribution >= 4 is 33.0 Å². The van der Waals surface area contributed by atoms with Crippen LogP contribution in [0.5, 0.6) is 0 Å². The average molecular weight is 328 g/mol. The molecule has 0 unspecified atom stereocenters. The Balaban J connectivity index is 1.67. The number of benzene rings is 3. The van der Waals surface area contributed by atoms with E-state index in [-0.39, 0.29) is 5.91 Å². The van der Waals surface area contributed by atoms with Crippen molar-refractivity contribution < 1.29 is 4.79 Å². The first-order valence-corrected chi connectivity index (χ1v) is 8.49. The molecule has 0 spiro atoms. The van der Waals surface area contributed by atoms with Gasteiger partial charge in [-0.3, -0.25) is 4.79 Å². The molecular formula is C21H14NOS. The summed E-state index contributed by atoms with van der Waals surface area (Å²) in [6.07, 6.45) is 0. The Morgan fingerprint density at radius 3 is 2.54 bits per heavy atom. The topological polar surface area (TPSA) is 29.1 Å². The summed E-state index contributed by atoms with van der Waals surface area (Å²) < 4.78 is 1.12. The second-order valence-electron chi connectivity index (χ2n) is 5.42. The molecule has 3 aromatic carbocycles. The van der Waals surface area contributed by atoms with E-state index in [4.69, 9.17) is 0 Å². The molecule has 0 atom stereocenters. The fourth-order valence-corrected chi connectivity index (χ4v) is 3.62. The standard InChI is InChI=1S/C21H14NOS/c23-21(20-14-16-10-4-7-13-19(16)24-20)22-18-12-6-5-11-17(18)15-8-2-1-3-9-15/h1-8,10-14H,(H,22,23). The van der Waals surface area contributed by atoms with Gasteiger partial charge < -0.3 is 5.32 Å². The molecule has 1 amide bonds. The third kappa shape index (κ3) is 2.82. The smallest absolute Gasteiger partial charge is 0.265 e. The molecule has 1 heterocycles. The lowest BCUT2D eigenvalue weighted by Crippen LogP contribution is -2.10. The molecule has 0 aliphatic heterocycles. The summed E-state index contributed by atoms with van der Waals surface area (Å²) in [4.78, 5) is 13.4. The van der Waals surface area contributed by atoms with Gasteiger partial charge in [-0.05, 0) is 35.2 Å². The van der Waals surface area contributed by atoms with Gasteiger partial charge in [-0.15, -0.1) is 11.3 Å². The minimum Gasteiger partial charge on any atom is -0.321 e. The Morgan fingerprint density at radius 2 is 1.71 bits per heavy atom. The van der Waals surface area contributed by atoms with Gasteiger partial charge in [0.05, 0.1) is 4.88 Å². The van der Waals surface area contributed by atoms with Crippen molar-refractivity contribution in [1.82, 2.24) is 0 Å². The monoisotopic (exact) mass is 328 g/mol. The van der Waals surface area contributed by atoms with Crippen molar-refractivity contribution in [3.05, 3.63) is 89.8 Å². The minimum absolute atomic E-state index is 0.0837. The largest absolute Gasteiger partial charge is 0.321 e. The van der Waals surface area contributed by atoms with E-state index in [1.165, 1.54) is 11.3 Å². The number of thiophene rings is 1. The zero-order chi connectivity index (χ0) is 16.4. The van der Waals surface area contributed by atoms with Crippen molar-refractivity contribution in [2.75, 3.05) is 5.32 Å². The number of hydrogen-bond donors (Lipinski definition) is 1. The fourth-order valence-electron chi connectivity index (χ4n) is 2.67. The van der Waals surface area contributed by atoms with E-state index < -0.39 is 0 Å². The summed E-state index contributed by atoms with van der Waals surface area (Å²) >= 11 is 1.51. The van der Waals surface area contributed by atoms with E-state index >= 15 is 0 Å². The predicted molar refractivity (Wildman–Crippen MR) is 100 cm³/mol. The van der Waals surface area contributed by atoms with Crippen LogP contribution in [0.4, 0.5) is 5.69 Å². The Hall–Kier alpha value is -2.91. The van der Waals surface area contributed by atoms with Gasteiger partial charge in [0.15, 0.2) is 0 Å². The number of para-hydroxylation sites is 1. The zero-order valence-corrected chi connectivity index (χ0v) is 13.6. The summed E-state index contributed by atoms with van der Waals surface area (Å²) in [7, 11) is 0. The predicted octanol–water partition coefficient (Wildman–Crippen LogP) is 5.62. The Bertz CT molecular complexity index is 971. The number of anilines is 1. The van der Waals surface area contributed by atoms with E-state index in [1.54, 1.807) is 0 Å². The molecule has 4 rings (SSSR count). The lowest BCUT2D eigenvalue weighted by molar-refractivity contribution is 0.103. The van der Waals surface area contributed by atoms with E-state index in [9.17, 15) is 4.79 Å². The van der Waals surface area contributed by atoms with Crippen LogP contribution in [-0.4, -0.2) is 5.91 Å². The van der Waals surface area contributed by atoms with Gasteiger partial charge in [0, 0.05) is 16.0 Å². The molecule has 0 saturated carbocycles. The first kappa shape index (κ1) is 14.7. The molecule has 0 aliphatic carbocycles. The molecule has 115 valence electrons. The van der Waals surface area contributed by atoms with Gasteiger partial charge in [0.1, 0.15) is 0 Å². The van der Waals surface area contributed by atoms with Crippen LogP contribution in [0.15, 0.2) is 78.9 Å². The van der Waals surface area contributed by atoms with Gasteiger partial charge in [-0.2, -0.15) is 0 Å². The molecule has 1 radical (unpaired) electrons. The van der Waals surface area contributed by atoms with Crippen LogP contribution in [0, 0.1) is 6.07 Å². The second kappa shape index (κ2) is 6.30. The van der Waals surface area contributed by atoms with Crippen LogP contribution in [-0.2, 0) is 0 Å². The van der Waals surface area contributed by atoms with Crippen molar-refractivity contribution in [3.8, 4) is 11.1 Å². The first-order chi connectivity index (χ1) is 11.8. The van der Waals surface area contributed by atoms with E-state index in [2.05, 4.69) is 11.4 Å². The summed E-state index contributed by atoms with van der Waals surface area (Å²) in [6, 6.07) is 28.7. The number of fused-ring (bicyclic) bond motifs is 1. The van der Waals surface area contributed by atoms with Crippen LogP contribution in [0.25, 0.3) is 21.2 Å². The molecule has 24 heavy (non-hydrogen) atoms. The third-order valence-electron chi connectivity index (χ3n) is 3.82. The van der Waals surface area contributed by atoms with Gasteiger partial charge in [0.2, 0.25) is 0 Å². The maximum absolute atomic E-state index is 12.7. The SMILES string of the molecule is O=C(Nc1ccccc1-c1[c]cccc1)c1cc2ccccc2s1. The highest BCUT2D eigenvalue weighted by molar-refractivity contribution is 7.20. The average Bonchev–Trinajstić information content (AvgIpc) is 3.07. The Kier molecular flexibility index (Phi) is 3.85. The van der Waals surface area contributed by atoms with Gasteiger partial charge in [0.25, 0.3) is 5.91 Å². The first-order valence-electron chi connectivity index (χ1n) is 7.67. The van der Waals surface area contributed by atoms with E-state index in [0.29, 0.717) is 4.88 Å². The van der Waals surface area contributed by atoms with Crippen molar-refractivity contribution in [1.29, 1.82) is 0 Å². The second-order valence-corrected chi connectivity index (χ2v) is 6.51. The number of carbonyl (C=O) groups is 1. The Morgan fingerprint density at radius 1 is 0.917 bits per heavy atom. The van der Waals surface area contributed by atoms with Crippen LogP contribution < -0.4 is 5.32 Å². The lowest BCUT2D eigenvalue weighted by atomic mass is 10.0. The highest BCUT2D eigenvalue weighted by Gasteiger charge is 2.12. The molecule has 0 saturated heterocycles. The number of carbonyl (C=O) groups excluding carboxylic acids is 1. The maximum Gasteiger partial charge on any atom is 0.265 e.